The molecule has 0 aromatic heterocycles. The number of aliphatic carboxylic acids is 1. The molecule has 0 saturated carbocycles. The SMILES string of the molecule is CO[C@@H]1Cc2c(O)cc(O)cc2O[C@@H]1c1cc(O)c(=O)c2c(O)c(O)cc(/C=C/C(=O)O)c2c1. The van der Waals surface area contributed by atoms with Crippen molar-refractivity contribution in [1.29, 1.82) is 0 Å². The van der Waals surface area contributed by atoms with E-state index in [0.29, 0.717) is 5.56 Å². The minimum Gasteiger partial charge on any atom is -0.508 e. The Morgan fingerprint density at radius 2 is 1.76 bits per heavy atom. The highest BCUT2D eigenvalue weighted by atomic mass is 16.5. The van der Waals surface area contributed by atoms with Crippen LogP contribution in [0.4, 0.5) is 0 Å². The maximum atomic E-state index is 12.9. The number of fused-ring (bicyclic) bond motifs is 2. The summed E-state index contributed by atoms with van der Waals surface area (Å²) in [6.07, 6.45) is 0.456. The maximum absolute atomic E-state index is 12.9. The van der Waals surface area contributed by atoms with Crippen molar-refractivity contribution in [2.75, 3.05) is 7.11 Å². The average molecular weight is 468 g/mol. The van der Waals surface area contributed by atoms with Gasteiger partial charge in [-0.15, -0.1) is 0 Å². The van der Waals surface area contributed by atoms with Crippen LogP contribution in [0.25, 0.3) is 16.8 Å². The zero-order chi connectivity index (χ0) is 24.7. The van der Waals surface area contributed by atoms with Crippen LogP contribution in [-0.2, 0) is 16.0 Å². The fourth-order valence-corrected chi connectivity index (χ4v) is 4.04. The van der Waals surface area contributed by atoms with E-state index in [9.17, 15) is 35.1 Å². The number of aromatic hydroxyl groups is 5. The van der Waals surface area contributed by atoms with Gasteiger partial charge in [0, 0.05) is 37.3 Å². The third kappa shape index (κ3) is 3.90. The van der Waals surface area contributed by atoms with Crippen molar-refractivity contribution in [2.24, 2.45) is 0 Å². The van der Waals surface area contributed by atoms with Crippen LogP contribution in [0.15, 0.2) is 41.2 Å². The maximum Gasteiger partial charge on any atom is 0.328 e. The van der Waals surface area contributed by atoms with Crippen molar-refractivity contribution in [3.05, 3.63) is 63.3 Å². The van der Waals surface area contributed by atoms with E-state index in [0.717, 1.165) is 30.4 Å². The van der Waals surface area contributed by atoms with Crippen LogP contribution in [0.3, 0.4) is 0 Å². The normalized spacial score (nSPS) is 17.4. The standard InChI is InChI=1S/C24H20O10/c1-33-19-9-14-15(26)7-12(25)8-18(14)34-24(19)11-4-13-10(2-3-20(29)30)5-16(27)22(31)21(13)23(32)17(28)6-11/h2-8,19,24-27,31H,9H2,1H3,(H,28,32)(H,29,30)/b3-2+/t19-,24-/m1/s1. The third-order valence-electron chi connectivity index (χ3n) is 5.63. The largest absolute Gasteiger partial charge is 0.508 e. The van der Waals surface area contributed by atoms with Gasteiger partial charge in [0.1, 0.15) is 23.4 Å². The van der Waals surface area contributed by atoms with Gasteiger partial charge in [-0.25, -0.2) is 4.79 Å². The monoisotopic (exact) mass is 468 g/mol. The van der Waals surface area contributed by atoms with Crippen molar-refractivity contribution in [2.45, 2.75) is 18.6 Å². The zero-order valence-corrected chi connectivity index (χ0v) is 17.7. The van der Waals surface area contributed by atoms with Crippen LogP contribution in [0.5, 0.6) is 34.5 Å². The minimum atomic E-state index is -1.28. The summed E-state index contributed by atoms with van der Waals surface area (Å²) in [7, 11) is 1.41. The Hall–Kier alpha value is -4.44. The van der Waals surface area contributed by atoms with E-state index in [1.54, 1.807) is 0 Å². The number of carboxylic acid groups (broad SMARTS) is 1. The van der Waals surface area contributed by atoms with E-state index in [4.69, 9.17) is 14.6 Å². The lowest BCUT2D eigenvalue weighted by Gasteiger charge is -2.33. The molecule has 4 rings (SSSR count). The van der Waals surface area contributed by atoms with E-state index in [1.807, 2.05) is 0 Å². The van der Waals surface area contributed by atoms with Crippen molar-refractivity contribution >= 4 is 22.8 Å². The molecule has 0 radical (unpaired) electrons. The molecule has 0 saturated heterocycles. The second-order valence-corrected chi connectivity index (χ2v) is 7.76. The predicted octanol–water partition coefficient (Wildman–Crippen LogP) is 2.52. The Morgan fingerprint density at radius 3 is 2.44 bits per heavy atom. The molecule has 0 bridgehead atoms. The highest BCUT2D eigenvalue weighted by molar-refractivity contribution is 5.99. The molecule has 34 heavy (non-hydrogen) atoms. The van der Waals surface area contributed by atoms with E-state index in [2.05, 4.69) is 0 Å². The summed E-state index contributed by atoms with van der Waals surface area (Å²) in [4.78, 5) is 23.9. The smallest absolute Gasteiger partial charge is 0.328 e. The van der Waals surface area contributed by atoms with Gasteiger partial charge < -0.3 is 40.1 Å². The van der Waals surface area contributed by atoms with Crippen molar-refractivity contribution in [1.82, 2.24) is 0 Å². The molecule has 0 aliphatic carbocycles. The summed E-state index contributed by atoms with van der Waals surface area (Å²) >= 11 is 0. The second-order valence-electron chi connectivity index (χ2n) is 7.76. The molecule has 0 unspecified atom stereocenters. The topological polar surface area (TPSA) is 174 Å². The molecule has 1 aliphatic heterocycles. The quantitative estimate of drug-likeness (QED) is 0.247. The fourth-order valence-electron chi connectivity index (χ4n) is 4.04. The van der Waals surface area contributed by atoms with Crippen LogP contribution in [0, 0.1) is 0 Å². The van der Waals surface area contributed by atoms with Gasteiger partial charge in [0.2, 0.25) is 5.43 Å². The van der Waals surface area contributed by atoms with Crippen LogP contribution in [0.1, 0.15) is 22.8 Å². The minimum absolute atomic E-state index is 0.0381. The molecule has 10 nitrogen and oxygen atoms in total. The second kappa shape index (κ2) is 8.49. The van der Waals surface area contributed by atoms with Crippen LogP contribution in [0.2, 0.25) is 0 Å². The molecule has 1 heterocycles. The molecule has 0 amide bonds. The molecule has 1 aliphatic rings. The molecule has 176 valence electrons. The summed E-state index contributed by atoms with van der Waals surface area (Å²) in [5.74, 6) is -3.75. The first-order chi connectivity index (χ1) is 16.1. The van der Waals surface area contributed by atoms with Crippen molar-refractivity contribution in [3.63, 3.8) is 0 Å². The first kappa shape index (κ1) is 22.7. The molecule has 3 aromatic rings. The van der Waals surface area contributed by atoms with Gasteiger partial charge in [0.05, 0.1) is 5.39 Å². The van der Waals surface area contributed by atoms with E-state index < -0.39 is 46.2 Å². The van der Waals surface area contributed by atoms with Gasteiger partial charge >= 0.3 is 5.97 Å². The summed E-state index contributed by atoms with van der Waals surface area (Å²) in [5, 5.41) is 59.5. The van der Waals surface area contributed by atoms with E-state index >= 15 is 0 Å². The number of hydrogen-bond acceptors (Lipinski definition) is 9. The molecule has 2 atom stereocenters. The summed E-state index contributed by atoms with van der Waals surface area (Å²) < 4.78 is 11.5. The van der Waals surface area contributed by atoms with Crippen LogP contribution in [-0.4, -0.2) is 49.8 Å². The Balaban J connectivity index is 2.00. The number of phenolic OH excluding ortho intramolecular Hbond substituents is 4. The van der Waals surface area contributed by atoms with Gasteiger partial charge in [0.25, 0.3) is 0 Å². The molecular weight excluding hydrogens is 448 g/mol. The molecule has 0 spiro atoms. The number of methoxy groups -OCH3 is 1. The first-order valence-corrected chi connectivity index (χ1v) is 10.0. The van der Waals surface area contributed by atoms with Gasteiger partial charge in [-0.05, 0) is 40.8 Å². The number of carbonyl (C=O) groups is 1. The number of rotatable bonds is 4. The Morgan fingerprint density at radius 1 is 1.03 bits per heavy atom. The van der Waals surface area contributed by atoms with Gasteiger partial charge in [-0.1, -0.05) is 0 Å². The molecular formula is C24H20O10. The lowest BCUT2D eigenvalue weighted by Crippen LogP contribution is -2.32. The predicted molar refractivity (Wildman–Crippen MR) is 120 cm³/mol. The zero-order valence-electron chi connectivity index (χ0n) is 17.7. The van der Waals surface area contributed by atoms with Crippen LogP contribution < -0.4 is 10.2 Å². The highest BCUT2D eigenvalue weighted by Crippen LogP contribution is 2.44. The number of carboxylic acids is 1. The molecule has 0 fully saturated rings. The van der Waals surface area contributed by atoms with Crippen molar-refractivity contribution in [3.8, 4) is 34.5 Å². The lowest BCUT2D eigenvalue weighted by molar-refractivity contribution is -0.131. The van der Waals surface area contributed by atoms with E-state index in [-0.39, 0.29) is 40.2 Å². The average Bonchev–Trinajstić information content (AvgIpc) is 2.91. The Bertz CT molecular complexity index is 1410. The number of ether oxygens (including phenoxy) is 2. The van der Waals surface area contributed by atoms with E-state index in [1.165, 1.54) is 19.2 Å². The summed E-state index contributed by atoms with van der Waals surface area (Å²) in [5.41, 5.74) is -0.297. The van der Waals surface area contributed by atoms with Crippen molar-refractivity contribution < 1.29 is 44.9 Å². The Kier molecular flexibility index (Phi) is 5.68. The molecule has 3 aromatic carbocycles. The number of hydrogen-bond donors (Lipinski definition) is 6. The fraction of sp³-hybridized carbons (Fsp3) is 0.167. The number of benzene rings is 2. The Labute approximate surface area is 191 Å². The first-order valence-electron chi connectivity index (χ1n) is 10.0. The lowest BCUT2D eigenvalue weighted by atomic mass is 9.93. The third-order valence-corrected chi connectivity index (χ3v) is 5.63. The summed E-state index contributed by atoms with van der Waals surface area (Å²) in [6, 6.07) is 6.07. The van der Waals surface area contributed by atoms with Gasteiger partial charge in [-0.2, -0.15) is 0 Å². The van der Waals surface area contributed by atoms with Crippen LogP contribution >= 0.6 is 0 Å². The number of phenols is 4. The summed E-state index contributed by atoms with van der Waals surface area (Å²) in [6.45, 7) is 0. The molecule has 10 heteroatoms. The van der Waals surface area contributed by atoms with Gasteiger partial charge in [-0.3, -0.25) is 4.79 Å². The highest BCUT2D eigenvalue weighted by Gasteiger charge is 2.34. The van der Waals surface area contributed by atoms with Gasteiger partial charge in [0.15, 0.2) is 23.4 Å². The molecule has 6 N–H and O–H groups in total.